The zero-order valence-electron chi connectivity index (χ0n) is 16.1. The lowest BCUT2D eigenvalue weighted by Crippen LogP contribution is -2.42. The van der Waals surface area contributed by atoms with Crippen molar-refractivity contribution in [1.82, 2.24) is 19.6 Å². The van der Waals surface area contributed by atoms with E-state index in [2.05, 4.69) is 10.3 Å². The summed E-state index contributed by atoms with van der Waals surface area (Å²) < 4.78 is 29.7. The predicted octanol–water partition coefficient (Wildman–Crippen LogP) is 2.98. The fourth-order valence-electron chi connectivity index (χ4n) is 4.18. The Kier molecular flexibility index (Phi) is 4.18. The highest BCUT2D eigenvalue weighted by Crippen LogP contribution is 2.32. The Bertz CT molecular complexity index is 1380. The van der Waals surface area contributed by atoms with Gasteiger partial charge in [-0.1, -0.05) is 0 Å². The van der Waals surface area contributed by atoms with E-state index in [1.54, 1.807) is 24.2 Å². The van der Waals surface area contributed by atoms with Crippen molar-refractivity contribution >= 4 is 22.2 Å². The van der Waals surface area contributed by atoms with Crippen molar-refractivity contribution in [2.45, 2.75) is 12.6 Å². The highest BCUT2D eigenvalue weighted by atomic mass is 19.2. The maximum absolute atomic E-state index is 14.0. The first kappa shape index (κ1) is 18.5. The molecule has 2 N–H and O–H groups in total. The Morgan fingerprint density at radius 2 is 1.93 bits per heavy atom. The van der Waals surface area contributed by atoms with Gasteiger partial charge in [0.2, 0.25) is 0 Å². The lowest BCUT2D eigenvalue weighted by atomic mass is 9.93. The fraction of sp³-hybridized carbons (Fsp3) is 0.182. The second kappa shape index (κ2) is 6.77. The van der Waals surface area contributed by atoms with Crippen LogP contribution >= 0.6 is 0 Å². The number of amides is 1. The minimum absolute atomic E-state index is 0.0640. The molecule has 8 heteroatoms. The van der Waals surface area contributed by atoms with Crippen LogP contribution in [0.3, 0.4) is 0 Å². The number of carbonyl (C=O) groups excluding carboxylic acids is 1. The molecule has 1 aromatic carbocycles. The molecule has 1 aliphatic heterocycles. The van der Waals surface area contributed by atoms with E-state index < -0.39 is 23.2 Å². The minimum atomic E-state index is -1.08. The van der Waals surface area contributed by atoms with Crippen LogP contribution in [0.1, 0.15) is 27.7 Å². The molecule has 152 valence electrons. The third-order valence-electron chi connectivity index (χ3n) is 5.72. The van der Waals surface area contributed by atoms with Crippen molar-refractivity contribution in [3.63, 3.8) is 0 Å². The number of likely N-dealkylation sites (N-methyl/N-ethyl adjacent to an activating group) is 1. The predicted molar refractivity (Wildman–Crippen MR) is 108 cm³/mol. The van der Waals surface area contributed by atoms with Crippen molar-refractivity contribution in [3.8, 4) is 0 Å². The SMILES string of the molecule is CN(C(=O)c1ccc2cccn2c1)C1CNCc2[nH]c(=O)c3cc(F)c(F)cc3c21. The molecule has 0 fully saturated rings. The summed E-state index contributed by atoms with van der Waals surface area (Å²) in [6.45, 7) is 0.786. The van der Waals surface area contributed by atoms with E-state index in [4.69, 9.17) is 0 Å². The van der Waals surface area contributed by atoms with E-state index in [9.17, 15) is 18.4 Å². The van der Waals surface area contributed by atoms with Crippen LogP contribution in [-0.2, 0) is 6.54 Å². The summed E-state index contributed by atoms with van der Waals surface area (Å²) in [6, 6.07) is 8.93. The summed E-state index contributed by atoms with van der Waals surface area (Å²) in [5, 5.41) is 3.57. The van der Waals surface area contributed by atoms with Gasteiger partial charge in [-0.05, 0) is 41.8 Å². The summed E-state index contributed by atoms with van der Waals surface area (Å²) in [4.78, 5) is 29.9. The first-order valence-electron chi connectivity index (χ1n) is 9.52. The zero-order valence-corrected chi connectivity index (χ0v) is 16.1. The van der Waals surface area contributed by atoms with Crippen molar-refractivity contribution < 1.29 is 13.6 Å². The van der Waals surface area contributed by atoms with Crippen LogP contribution in [0, 0.1) is 11.6 Å². The molecule has 3 aromatic heterocycles. The topological polar surface area (TPSA) is 69.6 Å². The summed E-state index contributed by atoms with van der Waals surface area (Å²) in [5.41, 5.74) is 2.17. The molecule has 0 spiro atoms. The van der Waals surface area contributed by atoms with Gasteiger partial charge in [0, 0.05) is 49.3 Å². The third kappa shape index (κ3) is 2.80. The van der Waals surface area contributed by atoms with E-state index >= 15 is 0 Å². The number of carbonyl (C=O) groups is 1. The van der Waals surface area contributed by atoms with Gasteiger partial charge in [0.15, 0.2) is 11.6 Å². The lowest BCUT2D eigenvalue weighted by molar-refractivity contribution is 0.0722. The number of pyridine rings is 2. The largest absolute Gasteiger partial charge is 0.333 e. The van der Waals surface area contributed by atoms with Crippen LogP contribution in [0.5, 0.6) is 0 Å². The quantitative estimate of drug-likeness (QED) is 0.536. The number of halogens is 2. The Labute approximate surface area is 169 Å². The van der Waals surface area contributed by atoms with E-state index in [1.807, 2.05) is 28.8 Å². The number of hydrogen-bond acceptors (Lipinski definition) is 3. The number of hydrogen-bond donors (Lipinski definition) is 2. The molecule has 0 saturated heterocycles. The molecule has 0 bridgehead atoms. The van der Waals surface area contributed by atoms with E-state index in [0.29, 0.717) is 35.3 Å². The Balaban J connectivity index is 1.62. The number of benzene rings is 1. The van der Waals surface area contributed by atoms with Gasteiger partial charge in [-0.2, -0.15) is 0 Å². The number of nitrogens with one attached hydrogen (secondary N) is 2. The van der Waals surface area contributed by atoms with Gasteiger partial charge in [-0.25, -0.2) is 8.78 Å². The van der Waals surface area contributed by atoms with Gasteiger partial charge < -0.3 is 19.6 Å². The molecule has 5 rings (SSSR count). The Morgan fingerprint density at radius 3 is 2.73 bits per heavy atom. The first-order chi connectivity index (χ1) is 14.4. The maximum atomic E-state index is 14.0. The second-order valence-electron chi connectivity index (χ2n) is 7.48. The molecule has 4 heterocycles. The standard InChI is InChI=1S/C22H18F2N4O2/c1-27(22(30)12-4-5-13-3-2-6-28(13)11-12)19-10-25-9-18-20(19)14-7-16(23)17(24)8-15(14)21(29)26-18/h2-8,11,19,25H,9-10H2,1H3,(H,26,29). The third-order valence-corrected chi connectivity index (χ3v) is 5.72. The minimum Gasteiger partial charge on any atom is -0.333 e. The molecule has 1 amide bonds. The zero-order chi connectivity index (χ0) is 21.0. The highest BCUT2D eigenvalue weighted by molar-refractivity contribution is 5.95. The van der Waals surface area contributed by atoms with Crippen LogP contribution in [0.2, 0.25) is 0 Å². The summed E-state index contributed by atoms with van der Waals surface area (Å²) in [5.74, 6) is -2.32. The molecule has 6 nitrogen and oxygen atoms in total. The number of aromatic nitrogens is 2. The van der Waals surface area contributed by atoms with E-state index in [0.717, 1.165) is 17.6 Å². The molecule has 0 aliphatic carbocycles. The van der Waals surface area contributed by atoms with Crippen molar-refractivity contribution in [2.24, 2.45) is 0 Å². The van der Waals surface area contributed by atoms with Gasteiger partial charge in [-0.3, -0.25) is 9.59 Å². The summed E-state index contributed by atoms with van der Waals surface area (Å²) in [6.07, 6.45) is 3.62. The molecular formula is C22H18F2N4O2. The molecule has 0 radical (unpaired) electrons. The molecule has 1 atom stereocenters. The average molecular weight is 408 g/mol. The van der Waals surface area contributed by atoms with E-state index in [1.165, 1.54) is 0 Å². The highest BCUT2D eigenvalue weighted by Gasteiger charge is 2.30. The smallest absolute Gasteiger partial charge is 0.256 e. The van der Waals surface area contributed by atoms with Crippen molar-refractivity contribution in [3.05, 3.63) is 87.6 Å². The fourth-order valence-corrected chi connectivity index (χ4v) is 4.18. The Morgan fingerprint density at radius 1 is 1.17 bits per heavy atom. The van der Waals surface area contributed by atoms with Gasteiger partial charge in [0.25, 0.3) is 11.5 Å². The number of nitrogens with zero attached hydrogens (tertiary/aromatic N) is 2. The number of aromatic amines is 1. The normalized spacial score (nSPS) is 16.0. The molecule has 0 saturated carbocycles. The number of fused-ring (bicyclic) bond motifs is 4. The van der Waals surface area contributed by atoms with Crippen LogP contribution in [0.25, 0.3) is 16.3 Å². The number of H-pyrrole nitrogens is 1. The van der Waals surface area contributed by atoms with E-state index in [-0.39, 0.29) is 11.3 Å². The van der Waals surface area contributed by atoms with Crippen LogP contribution in [0.4, 0.5) is 8.78 Å². The second-order valence-corrected chi connectivity index (χ2v) is 7.48. The number of rotatable bonds is 2. The van der Waals surface area contributed by atoms with Crippen molar-refractivity contribution in [1.29, 1.82) is 0 Å². The van der Waals surface area contributed by atoms with Crippen LogP contribution in [-0.4, -0.2) is 33.8 Å². The molecule has 4 aromatic rings. The van der Waals surface area contributed by atoms with Crippen LogP contribution in [0.15, 0.2) is 53.6 Å². The van der Waals surface area contributed by atoms with Gasteiger partial charge in [0.05, 0.1) is 17.0 Å². The molecule has 30 heavy (non-hydrogen) atoms. The first-order valence-corrected chi connectivity index (χ1v) is 9.52. The van der Waals surface area contributed by atoms with Gasteiger partial charge in [-0.15, -0.1) is 0 Å². The monoisotopic (exact) mass is 408 g/mol. The molecule has 1 aliphatic rings. The summed E-state index contributed by atoms with van der Waals surface area (Å²) in [7, 11) is 1.67. The lowest BCUT2D eigenvalue weighted by Gasteiger charge is -2.34. The average Bonchev–Trinajstić information content (AvgIpc) is 3.21. The van der Waals surface area contributed by atoms with Crippen molar-refractivity contribution in [2.75, 3.05) is 13.6 Å². The van der Waals surface area contributed by atoms with Gasteiger partial charge in [0.1, 0.15) is 0 Å². The molecule has 1 unspecified atom stereocenters. The Hall–Kier alpha value is -3.52. The summed E-state index contributed by atoms with van der Waals surface area (Å²) >= 11 is 0. The van der Waals surface area contributed by atoms with Crippen LogP contribution < -0.4 is 10.9 Å². The van der Waals surface area contributed by atoms with Gasteiger partial charge >= 0.3 is 0 Å². The maximum Gasteiger partial charge on any atom is 0.256 e. The molecular weight excluding hydrogens is 390 g/mol.